The molecule has 1 aromatic carbocycles. The number of hydrogen-bond donors (Lipinski definition) is 1. The molecule has 0 atom stereocenters. The van der Waals surface area contributed by atoms with Gasteiger partial charge in [0.2, 0.25) is 0 Å². The maximum atomic E-state index is 13.8. The van der Waals surface area contributed by atoms with Crippen molar-refractivity contribution in [2.45, 2.75) is 0 Å². The van der Waals surface area contributed by atoms with Crippen LogP contribution in [0.2, 0.25) is 0 Å². The molecule has 0 aliphatic rings. The van der Waals surface area contributed by atoms with E-state index in [1.165, 1.54) is 26.4 Å². The maximum absolute atomic E-state index is 13.8. The van der Waals surface area contributed by atoms with Crippen LogP contribution >= 0.6 is 15.9 Å². The van der Waals surface area contributed by atoms with Crippen LogP contribution in [-0.2, 0) is 0 Å². The van der Waals surface area contributed by atoms with Crippen molar-refractivity contribution in [3.8, 4) is 22.8 Å². The average molecular weight is 317 g/mol. The fraction of sp³-hybridized carbons (Fsp3) is 0.182. The standard InChI is InChI=1S/C11H10BrFN2O3/c1-16-10-5(7-4-8(14)15-18-7)3-6(12)9(13)11(10)17-2/h3-4H,1-2H3,(H2,14,15). The Morgan fingerprint density at radius 2 is 1.94 bits per heavy atom. The summed E-state index contributed by atoms with van der Waals surface area (Å²) >= 11 is 3.10. The maximum Gasteiger partial charge on any atom is 0.198 e. The Morgan fingerprint density at radius 3 is 2.44 bits per heavy atom. The highest BCUT2D eigenvalue weighted by Gasteiger charge is 2.22. The van der Waals surface area contributed by atoms with Crippen LogP contribution < -0.4 is 15.2 Å². The quantitative estimate of drug-likeness (QED) is 0.942. The van der Waals surface area contributed by atoms with Crippen LogP contribution in [0.1, 0.15) is 0 Å². The number of rotatable bonds is 3. The van der Waals surface area contributed by atoms with Crippen LogP contribution in [0, 0.1) is 5.82 Å². The van der Waals surface area contributed by atoms with Gasteiger partial charge >= 0.3 is 0 Å². The number of nitrogens with two attached hydrogens (primary N) is 1. The lowest BCUT2D eigenvalue weighted by Crippen LogP contribution is -1.97. The number of benzene rings is 1. The molecule has 5 nitrogen and oxygen atoms in total. The molecule has 1 aromatic heterocycles. The molecular weight excluding hydrogens is 307 g/mol. The number of nitrogen functional groups attached to an aromatic ring is 1. The van der Waals surface area contributed by atoms with Gasteiger partial charge < -0.3 is 19.7 Å². The second-order valence-electron chi connectivity index (χ2n) is 3.40. The molecule has 0 unspecified atom stereocenters. The molecule has 0 fully saturated rings. The summed E-state index contributed by atoms with van der Waals surface area (Å²) in [6, 6.07) is 3.03. The number of aromatic nitrogens is 1. The first-order valence-corrected chi connectivity index (χ1v) is 5.70. The van der Waals surface area contributed by atoms with E-state index < -0.39 is 5.82 Å². The summed E-state index contributed by atoms with van der Waals surface area (Å²) in [4.78, 5) is 0. The molecule has 1 heterocycles. The van der Waals surface area contributed by atoms with Crippen molar-refractivity contribution in [3.63, 3.8) is 0 Å². The van der Waals surface area contributed by atoms with Crippen LogP contribution in [0.15, 0.2) is 21.1 Å². The molecule has 0 aliphatic heterocycles. The van der Waals surface area contributed by atoms with E-state index in [-0.39, 0.29) is 21.8 Å². The lowest BCUT2D eigenvalue weighted by Gasteiger charge is -2.12. The molecular formula is C11H10BrFN2O3. The van der Waals surface area contributed by atoms with Crippen molar-refractivity contribution in [2.24, 2.45) is 0 Å². The minimum absolute atomic E-state index is 0.0168. The van der Waals surface area contributed by atoms with Crippen LogP contribution in [0.25, 0.3) is 11.3 Å². The van der Waals surface area contributed by atoms with E-state index >= 15 is 0 Å². The Morgan fingerprint density at radius 1 is 1.28 bits per heavy atom. The van der Waals surface area contributed by atoms with E-state index in [2.05, 4.69) is 21.1 Å². The Bertz CT molecular complexity index is 586. The molecule has 18 heavy (non-hydrogen) atoms. The molecule has 0 radical (unpaired) electrons. The Balaban J connectivity index is 2.70. The van der Waals surface area contributed by atoms with Crippen molar-refractivity contribution in [3.05, 3.63) is 22.4 Å². The van der Waals surface area contributed by atoms with Gasteiger partial charge in [-0.25, -0.2) is 4.39 Å². The Kier molecular flexibility index (Phi) is 3.42. The summed E-state index contributed by atoms with van der Waals surface area (Å²) in [7, 11) is 2.76. The number of methoxy groups -OCH3 is 2. The summed E-state index contributed by atoms with van der Waals surface area (Å²) in [6.07, 6.45) is 0. The predicted octanol–water partition coefficient (Wildman–Crippen LogP) is 2.84. The largest absolute Gasteiger partial charge is 0.492 e. The molecule has 2 rings (SSSR count). The highest BCUT2D eigenvalue weighted by atomic mass is 79.9. The normalized spacial score (nSPS) is 10.4. The topological polar surface area (TPSA) is 70.5 Å². The highest BCUT2D eigenvalue weighted by molar-refractivity contribution is 9.10. The summed E-state index contributed by atoms with van der Waals surface area (Å²) in [5.41, 5.74) is 5.98. The molecule has 0 bridgehead atoms. The number of halogens is 2. The fourth-order valence-electron chi connectivity index (χ4n) is 1.57. The molecule has 2 aromatic rings. The number of ether oxygens (including phenoxy) is 2. The van der Waals surface area contributed by atoms with E-state index in [9.17, 15) is 4.39 Å². The third-order valence-corrected chi connectivity index (χ3v) is 2.91. The average Bonchev–Trinajstić information content (AvgIpc) is 2.78. The molecule has 0 saturated heterocycles. The van der Waals surface area contributed by atoms with Crippen molar-refractivity contribution in [1.29, 1.82) is 0 Å². The van der Waals surface area contributed by atoms with Crippen molar-refractivity contribution >= 4 is 21.7 Å². The lowest BCUT2D eigenvalue weighted by atomic mass is 10.1. The fourth-order valence-corrected chi connectivity index (χ4v) is 1.98. The van der Waals surface area contributed by atoms with Gasteiger partial charge in [-0.05, 0) is 22.0 Å². The van der Waals surface area contributed by atoms with E-state index in [4.69, 9.17) is 19.7 Å². The molecule has 0 saturated carbocycles. The summed E-state index contributed by atoms with van der Waals surface area (Å²) < 4.78 is 29.2. The van der Waals surface area contributed by atoms with Gasteiger partial charge in [0.15, 0.2) is 28.9 Å². The molecule has 0 amide bonds. The van der Waals surface area contributed by atoms with Gasteiger partial charge in [0.1, 0.15) is 0 Å². The van der Waals surface area contributed by atoms with Crippen LogP contribution in [0.5, 0.6) is 11.5 Å². The Hall–Kier alpha value is -1.76. The van der Waals surface area contributed by atoms with Gasteiger partial charge in [-0.15, -0.1) is 0 Å². The first kappa shape index (κ1) is 12.7. The van der Waals surface area contributed by atoms with Crippen molar-refractivity contribution < 1.29 is 18.4 Å². The first-order chi connectivity index (χ1) is 8.58. The lowest BCUT2D eigenvalue weighted by molar-refractivity contribution is 0.336. The first-order valence-electron chi connectivity index (χ1n) is 4.91. The Labute approximate surface area is 111 Å². The predicted molar refractivity (Wildman–Crippen MR) is 67.1 cm³/mol. The van der Waals surface area contributed by atoms with Crippen LogP contribution in [0.4, 0.5) is 10.2 Å². The second kappa shape index (κ2) is 4.85. The van der Waals surface area contributed by atoms with Crippen molar-refractivity contribution in [1.82, 2.24) is 5.16 Å². The van der Waals surface area contributed by atoms with Gasteiger partial charge in [-0.3, -0.25) is 0 Å². The second-order valence-corrected chi connectivity index (χ2v) is 4.26. The third-order valence-electron chi connectivity index (χ3n) is 2.33. The summed E-state index contributed by atoms with van der Waals surface area (Å²) in [6.45, 7) is 0. The van der Waals surface area contributed by atoms with Crippen LogP contribution in [0.3, 0.4) is 0 Å². The zero-order chi connectivity index (χ0) is 13.3. The monoisotopic (exact) mass is 316 g/mol. The van der Waals surface area contributed by atoms with E-state index in [0.717, 1.165) is 0 Å². The molecule has 2 N–H and O–H groups in total. The number of nitrogens with zero attached hydrogens (tertiary/aromatic N) is 1. The molecule has 7 heteroatoms. The van der Waals surface area contributed by atoms with E-state index in [1.54, 1.807) is 0 Å². The third kappa shape index (κ3) is 2.01. The smallest absolute Gasteiger partial charge is 0.198 e. The molecule has 0 spiro atoms. The number of hydrogen-bond acceptors (Lipinski definition) is 5. The number of anilines is 1. The highest BCUT2D eigenvalue weighted by Crippen LogP contribution is 2.43. The summed E-state index contributed by atoms with van der Waals surface area (Å²) in [5, 5.41) is 3.57. The van der Waals surface area contributed by atoms with Crippen molar-refractivity contribution in [2.75, 3.05) is 20.0 Å². The SMILES string of the molecule is COc1c(-c2cc(N)no2)cc(Br)c(F)c1OC. The van der Waals surface area contributed by atoms with E-state index in [1.807, 2.05) is 0 Å². The van der Waals surface area contributed by atoms with Gasteiger partial charge in [-0.2, -0.15) is 0 Å². The van der Waals surface area contributed by atoms with Gasteiger partial charge in [-0.1, -0.05) is 5.16 Å². The van der Waals surface area contributed by atoms with Gasteiger partial charge in [0.25, 0.3) is 0 Å². The van der Waals surface area contributed by atoms with Gasteiger partial charge in [0.05, 0.1) is 24.3 Å². The summed E-state index contributed by atoms with van der Waals surface area (Å²) in [5.74, 6) is 0.242. The van der Waals surface area contributed by atoms with Crippen LogP contribution in [-0.4, -0.2) is 19.4 Å². The molecule has 0 aliphatic carbocycles. The zero-order valence-corrected chi connectivity index (χ0v) is 11.2. The zero-order valence-electron chi connectivity index (χ0n) is 9.66. The van der Waals surface area contributed by atoms with E-state index in [0.29, 0.717) is 11.3 Å². The van der Waals surface area contributed by atoms with Gasteiger partial charge in [0, 0.05) is 6.07 Å². The minimum Gasteiger partial charge on any atom is -0.492 e. The minimum atomic E-state index is -0.550. The molecule has 96 valence electrons.